The zero-order chi connectivity index (χ0) is 13.2. The Hall–Kier alpha value is -2.40. The van der Waals surface area contributed by atoms with Gasteiger partial charge in [0.2, 0.25) is 0 Å². The third-order valence-electron chi connectivity index (χ3n) is 2.73. The molecule has 0 radical (unpaired) electrons. The smallest absolute Gasteiger partial charge is 0.328 e. The molecule has 2 aromatic heterocycles. The summed E-state index contributed by atoms with van der Waals surface area (Å²) >= 11 is 1.52. The highest BCUT2D eigenvalue weighted by Crippen LogP contribution is 2.27. The Balaban J connectivity index is 2.21. The van der Waals surface area contributed by atoms with Crippen molar-refractivity contribution in [3.05, 3.63) is 53.7 Å². The van der Waals surface area contributed by atoms with Crippen molar-refractivity contribution in [1.82, 2.24) is 9.38 Å². The molecule has 0 aliphatic carbocycles. The second-order valence-corrected chi connectivity index (χ2v) is 4.81. The normalized spacial score (nSPS) is 11.4. The van der Waals surface area contributed by atoms with E-state index in [0.29, 0.717) is 0 Å². The summed E-state index contributed by atoms with van der Waals surface area (Å²) in [4.78, 5) is 16.1. The Labute approximate surface area is 113 Å². The Morgan fingerprint density at radius 3 is 2.84 bits per heavy atom. The maximum atomic E-state index is 10.7. The van der Waals surface area contributed by atoms with Crippen LogP contribution >= 0.6 is 11.3 Å². The van der Waals surface area contributed by atoms with Crippen LogP contribution in [0.5, 0.6) is 0 Å². The van der Waals surface area contributed by atoms with E-state index >= 15 is 0 Å². The van der Waals surface area contributed by atoms with Crippen molar-refractivity contribution < 1.29 is 9.90 Å². The van der Waals surface area contributed by atoms with E-state index in [9.17, 15) is 4.79 Å². The van der Waals surface area contributed by atoms with Gasteiger partial charge < -0.3 is 5.11 Å². The van der Waals surface area contributed by atoms with Gasteiger partial charge in [-0.05, 0) is 6.08 Å². The summed E-state index contributed by atoms with van der Waals surface area (Å²) < 4.78 is 1.90. The maximum absolute atomic E-state index is 10.7. The van der Waals surface area contributed by atoms with E-state index in [-0.39, 0.29) is 0 Å². The number of thiazole rings is 1. The van der Waals surface area contributed by atoms with Crippen LogP contribution in [-0.4, -0.2) is 20.5 Å². The van der Waals surface area contributed by atoms with Gasteiger partial charge in [0.15, 0.2) is 4.96 Å². The average molecular weight is 270 g/mol. The molecule has 0 saturated carbocycles. The van der Waals surface area contributed by atoms with Gasteiger partial charge >= 0.3 is 5.97 Å². The Kier molecular flexibility index (Phi) is 2.89. The number of nitrogens with zero attached hydrogens (tertiary/aromatic N) is 2. The summed E-state index contributed by atoms with van der Waals surface area (Å²) in [6.45, 7) is 0. The molecule has 0 saturated heterocycles. The lowest BCUT2D eigenvalue weighted by molar-refractivity contribution is -0.131. The van der Waals surface area contributed by atoms with Gasteiger partial charge in [0, 0.05) is 23.2 Å². The van der Waals surface area contributed by atoms with Crippen molar-refractivity contribution in [2.24, 2.45) is 0 Å². The number of hydrogen-bond donors (Lipinski definition) is 1. The first kappa shape index (κ1) is 11.7. The van der Waals surface area contributed by atoms with Crippen LogP contribution < -0.4 is 0 Å². The summed E-state index contributed by atoms with van der Waals surface area (Å²) in [6, 6.07) is 9.74. The molecule has 2 heterocycles. The first-order chi connectivity index (χ1) is 9.25. The highest BCUT2D eigenvalue weighted by atomic mass is 32.1. The molecular weight excluding hydrogens is 260 g/mol. The van der Waals surface area contributed by atoms with Crippen molar-refractivity contribution in [2.75, 3.05) is 0 Å². The maximum Gasteiger partial charge on any atom is 0.328 e. The lowest BCUT2D eigenvalue weighted by atomic mass is 10.1. The van der Waals surface area contributed by atoms with Gasteiger partial charge in [0.05, 0.1) is 11.4 Å². The molecule has 1 aromatic carbocycles. The highest BCUT2D eigenvalue weighted by molar-refractivity contribution is 7.15. The average Bonchev–Trinajstić information content (AvgIpc) is 2.98. The summed E-state index contributed by atoms with van der Waals surface area (Å²) in [5.74, 6) is -0.968. The van der Waals surface area contributed by atoms with E-state index in [1.165, 1.54) is 11.3 Å². The number of imidazole rings is 1. The molecule has 5 heteroatoms. The molecular formula is C14H10N2O2S. The minimum absolute atomic E-state index is 0.782. The van der Waals surface area contributed by atoms with Gasteiger partial charge in [-0.3, -0.25) is 4.40 Å². The summed E-state index contributed by atoms with van der Waals surface area (Å²) in [7, 11) is 0. The lowest BCUT2D eigenvalue weighted by Crippen LogP contribution is -1.89. The zero-order valence-corrected chi connectivity index (χ0v) is 10.7. The molecule has 0 aliphatic rings. The number of fused-ring (bicyclic) bond motifs is 1. The molecule has 0 bridgehead atoms. The molecule has 0 fully saturated rings. The fraction of sp³-hybridized carbons (Fsp3) is 0. The van der Waals surface area contributed by atoms with Crippen LogP contribution in [0.25, 0.3) is 22.3 Å². The SMILES string of the molecule is O=C(O)C=Cc1c(-c2ccccc2)nc2sccn12. The van der Waals surface area contributed by atoms with E-state index in [4.69, 9.17) is 5.11 Å². The Morgan fingerprint density at radius 1 is 1.32 bits per heavy atom. The number of carboxylic acid groups (broad SMARTS) is 1. The van der Waals surface area contributed by atoms with Crippen LogP contribution in [0.1, 0.15) is 5.69 Å². The van der Waals surface area contributed by atoms with Crippen LogP contribution in [0.2, 0.25) is 0 Å². The van der Waals surface area contributed by atoms with Crippen molar-refractivity contribution in [3.8, 4) is 11.3 Å². The van der Waals surface area contributed by atoms with E-state index in [1.54, 1.807) is 6.08 Å². The van der Waals surface area contributed by atoms with Crippen LogP contribution in [-0.2, 0) is 4.79 Å². The second kappa shape index (κ2) is 4.70. The Bertz CT molecular complexity index is 756. The van der Waals surface area contributed by atoms with Crippen molar-refractivity contribution in [1.29, 1.82) is 0 Å². The molecule has 19 heavy (non-hydrogen) atoms. The van der Waals surface area contributed by atoms with Crippen LogP contribution in [0.3, 0.4) is 0 Å². The van der Waals surface area contributed by atoms with Gasteiger partial charge in [-0.25, -0.2) is 9.78 Å². The predicted molar refractivity (Wildman–Crippen MR) is 75.2 cm³/mol. The molecule has 1 N–H and O–H groups in total. The first-order valence-electron chi connectivity index (χ1n) is 5.67. The largest absolute Gasteiger partial charge is 0.478 e. The fourth-order valence-electron chi connectivity index (χ4n) is 1.92. The molecule has 3 aromatic rings. The Morgan fingerprint density at radius 2 is 2.11 bits per heavy atom. The lowest BCUT2D eigenvalue weighted by Gasteiger charge is -1.99. The minimum Gasteiger partial charge on any atom is -0.478 e. The van der Waals surface area contributed by atoms with E-state index in [1.807, 2.05) is 46.3 Å². The van der Waals surface area contributed by atoms with E-state index in [2.05, 4.69) is 4.98 Å². The third-order valence-corrected chi connectivity index (χ3v) is 3.49. The minimum atomic E-state index is -0.968. The quantitative estimate of drug-likeness (QED) is 0.744. The van der Waals surface area contributed by atoms with Crippen molar-refractivity contribution >= 4 is 28.3 Å². The van der Waals surface area contributed by atoms with Crippen molar-refractivity contribution in [3.63, 3.8) is 0 Å². The summed E-state index contributed by atoms with van der Waals surface area (Å²) in [6.07, 6.45) is 4.60. The molecule has 0 amide bonds. The summed E-state index contributed by atoms with van der Waals surface area (Å²) in [5, 5.41) is 10.7. The van der Waals surface area contributed by atoms with Gasteiger partial charge in [0.25, 0.3) is 0 Å². The monoisotopic (exact) mass is 270 g/mol. The molecule has 0 unspecified atom stereocenters. The van der Waals surface area contributed by atoms with Gasteiger partial charge in [-0.1, -0.05) is 30.3 Å². The molecule has 0 atom stereocenters. The van der Waals surface area contributed by atoms with E-state index < -0.39 is 5.97 Å². The highest BCUT2D eigenvalue weighted by Gasteiger charge is 2.12. The number of aromatic nitrogens is 2. The standard InChI is InChI=1S/C14H10N2O2S/c17-12(18)7-6-11-13(10-4-2-1-3-5-10)15-14-16(11)8-9-19-14/h1-9H,(H,17,18). The van der Waals surface area contributed by atoms with Crippen molar-refractivity contribution in [2.45, 2.75) is 0 Å². The predicted octanol–water partition coefficient (Wildman–Crippen LogP) is 3.16. The van der Waals surface area contributed by atoms with E-state index in [0.717, 1.165) is 28.0 Å². The fourth-order valence-corrected chi connectivity index (χ4v) is 2.64. The molecule has 0 aliphatic heterocycles. The number of carboxylic acids is 1. The zero-order valence-electron chi connectivity index (χ0n) is 9.85. The first-order valence-corrected chi connectivity index (χ1v) is 6.55. The number of hydrogen-bond acceptors (Lipinski definition) is 3. The molecule has 3 rings (SSSR count). The molecule has 0 spiro atoms. The van der Waals surface area contributed by atoms with Crippen LogP contribution in [0.15, 0.2) is 48.0 Å². The number of carbonyl (C=O) groups is 1. The number of benzene rings is 1. The summed E-state index contributed by atoms with van der Waals surface area (Å²) in [5.41, 5.74) is 2.55. The molecule has 94 valence electrons. The second-order valence-electron chi connectivity index (χ2n) is 3.94. The number of aliphatic carboxylic acids is 1. The van der Waals surface area contributed by atoms with Gasteiger partial charge in [0.1, 0.15) is 0 Å². The third kappa shape index (κ3) is 2.15. The number of rotatable bonds is 3. The topological polar surface area (TPSA) is 54.6 Å². The van der Waals surface area contributed by atoms with Crippen LogP contribution in [0.4, 0.5) is 0 Å². The van der Waals surface area contributed by atoms with Gasteiger partial charge in [-0.15, -0.1) is 11.3 Å². The van der Waals surface area contributed by atoms with Gasteiger partial charge in [-0.2, -0.15) is 0 Å². The molecule has 4 nitrogen and oxygen atoms in total. The van der Waals surface area contributed by atoms with Crippen LogP contribution in [0, 0.1) is 0 Å².